The molecule has 0 radical (unpaired) electrons. The van der Waals surface area contributed by atoms with Crippen LogP contribution in [0.2, 0.25) is 5.02 Å². The van der Waals surface area contributed by atoms with E-state index in [2.05, 4.69) is 15.1 Å². The standard InChI is InChI=1S/C19H21ClFN3O/c1-14(19(25)22-17-6-4-16(21)5-7-17)23-10-12-24(13-11-23)18-8-2-15(20)3-9-18/h2-9,14H,10-13H2,1H3,(H,22,25). The molecule has 2 aromatic rings. The van der Waals surface area contributed by atoms with Crippen molar-refractivity contribution in [3.8, 4) is 0 Å². The van der Waals surface area contributed by atoms with Gasteiger partial charge < -0.3 is 10.2 Å². The molecule has 6 heteroatoms. The summed E-state index contributed by atoms with van der Waals surface area (Å²) < 4.78 is 12.9. The molecule has 1 aliphatic rings. The lowest BCUT2D eigenvalue weighted by atomic mass is 10.2. The van der Waals surface area contributed by atoms with Crippen molar-refractivity contribution in [2.45, 2.75) is 13.0 Å². The van der Waals surface area contributed by atoms with Crippen molar-refractivity contribution in [3.63, 3.8) is 0 Å². The van der Waals surface area contributed by atoms with Crippen molar-refractivity contribution in [1.29, 1.82) is 0 Å². The lowest BCUT2D eigenvalue weighted by Crippen LogP contribution is -2.52. The van der Waals surface area contributed by atoms with E-state index in [9.17, 15) is 9.18 Å². The third kappa shape index (κ3) is 4.50. The maximum Gasteiger partial charge on any atom is 0.241 e. The number of halogens is 2. The van der Waals surface area contributed by atoms with Gasteiger partial charge >= 0.3 is 0 Å². The summed E-state index contributed by atoms with van der Waals surface area (Å²) in [5.41, 5.74) is 1.76. The lowest BCUT2D eigenvalue weighted by Gasteiger charge is -2.38. The van der Waals surface area contributed by atoms with E-state index in [0.29, 0.717) is 5.69 Å². The summed E-state index contributed by atoms with van der Waals surface area (Å²) in [5.74, 6) is -0.393. The summed E-state index contributed by atoms with van der Waals surface area (Å²) in [6.07, 6.45) is 0. The van der Waals surface area contributed by atoms with Crippen LogP contribution in [0.25, 0.3) is 0 Å². The SMILES string of the molecule is CC(C(=O)Nc1ccc(F)cc1)N1CCN(c2ccc(Cl)cc2)CC1. The minimum absolute atomic E-state index is 0.0773. The molecule has 1 fully saturated rings. The zero-order chi connectivity index (χ0) is 17.8. The maximum absolute atomic E-state index is 12.9. The molecule has 4 nitrogen and oxygen atoms in total. The third-order valence-corrected chi connectivity index (χ3v) is 4.80. The van der Waals surface area contributed by atoms with Gasteiger partial charge in [0.05, 0.1) is 6.04 Å². The molecule has 1 aliphatic heterocycles. The lowest BCUT2D eigenvalue weighted by molar-refractivity contribution is -0.120. The van der Waals surface area contributed by atoms with Crippen LogP contribution in [0.5, 0.6) is 0 Å². The topological polar surface area (TPSA) is 35.6 Å². The molecule has 1 amide bonds. The largest absolute Gasteiger partial charge is 0.369 e. The molecular weight excluding hydrogens is 341 g/mol. The van der Waals surface area contributed by atoms with E-state index in [-0.39, 0.29) is 17.8 Å². The first-order chi connectivity index (χ1) is 12.0. The van der Waals surface area contributed by atoms with Crippen molar-refractivity contribution in [3.05, 3.63) is 59.4 Å². The Kier molecular flexibility index (Phi) is 5.56. The van der Waals surface area contributed by atoms with Crippen molar-refractivity contribution < 1.29 is 9.18 Å². The fraction of sp³-hybridized carbons (Fsp3) is 0.316. The van der Waals surface area contributed by atoms with E-state index in [1.807, 2.05) is 31.2 Å². The summed E-state index contributed by atoms with van der Waals surface area (Å²) in [5, 5.41) is 3.57. The molecule has 1 atom stereocenters. The first-order valence-corrected chi connectivity index (χ1v) is 8.72. The van der Waals surface area contributed by atoms with Crippen LogP contribution in [0.1, 0.15) is 6.92 Å². The number of nitrogens with zero attached hydrogens (tertiary/aromatic N) is 2. The van der Waals surface area contributed by atoms with Gasteiger partial charge in [0.25, 0.3) is 0 Å². The van der Waals surface area contributed by atoms with Gasteiger partial charge in [0, 0.05) is 42.6 Å². The Balaban J connectivity index is 1.53. The second-order valence-corrected chi connectivity index (χ2v) is 6.61. The fourth-order valence-electron chi connectivity index (χ4n) is 2.97. The van der Waals surface area contributed by atoms with Crippen LogP contribution < -0.4 is 10.2 Å². The van der Waals surface area contributed by atoms with Crippen LogP contribution in [0.3, 0.4) is 0 Å². The predicted octanol–water partition coefficient (Wildman–Crippen LogP) is 3.63. The molecule has 1 saturated heterocycles. The molecule has 0 aliphatic carbocycles. The monoisotopic (exact) mass is 361 g/mol. The number of piperazine rings is 1. The second-order valence-electron chi connectivity index (χ2n) is 6.17. The van der Waals surface area contributed by atoms with E-state index in [1.54, 1.807) is 12.1 Å². The average molecular weight is 362 g/mol. The molecule has 0 bridgehead atoms. The van der Waals surface area contributed by atoms with Gasteiger partial charge in [-0.25, -0.2) is 4.39 Å². The van der Waals surface area contributed by atoms with Gasteiger partial charge in [-0.1, -0.05) is 11.6 Å². The van der Waals surface area contributed by atoms with Crippen LogP contribution >= 0.6 is 11.6 Å². The van der Waals surface area contributed by atoms with E-state index in [1.165, 1.54) is 12.1 Å². The second kappa shape index (κ2) is 7.85. The zero-order valence-electron chi connectivity index (χ0n) is 14.1. The highest BCUT2D eigenvalue weighted by Gasteiger charge is 2.25. The highest BCUT2D eigenvalue weighted by molar-refractivity contribution is 6.30. The Bertz CT molecular complexity index is 712. The Labute approximate surface area is 152 Å². The predicted molar refractivity (Wildman–Crippen MR) is 99.7 cm³/mol. The summed E-state index contributed by atoms with van der Waals surface area (Å²) >= 11 is 5.93. The number of anilines is 2. The minimum Gasteiger partial charge on any atom is -0.369 e. The maximum atomic E-state index is 12.9. The highest BCUT2D eigenvalue weighted by Crippen LogP contribution is 2.20. The highest BCUT2D eigenvalue weighted by atomic mass is 35.5. The summed E-state index contributed by atoms with van der Waals surface area (Å²) in [4.78, 5) is 16.9. The van der Waals surface area contributed by atoms with Gasteiger partial charge in [-0.05, 0) is 55.5 Å². The van der Waals surface area contributed by atoms with Gasteiger partial charge in [0.2, 0.25) is 5.91 Å². The van der Waals surface area contributed by atoms with Gasteiger partial charge in [0.15, 0.2) is 0 Å². The van der Waals surface area contributed by atoms with Gasteiger partial charge in [-0.2, -0.15) is 0 Å². The number of nitrogens with one attached hydrogen (secondary N) is 1. The summed E-state index contributed by atoms with van der Waals surface area (Å²) in [6.45, 7) is 5.23. The van der Waals surface area contributed by atoms with Crippen molar-refractivity contribution in [2.75, 3.05) is 36.4 Å². The summed E-state index contributed by atoms with van der Waals surface area (Å²) in [7, 11) is 0. The Morgan fingerprint density at radius 3 is 2.24 bits per heavy atom. The number of benzene rings is 2. The first kappa shape index (κ1) is 17.7. The van der Waals surface area contributed by atoms with Crippen molar-refractivity contribution >= 4 is 28.9 Å². The summed E-state index contributed by atoms with van der Waals surface area (Å²) in [6, 6.07) is 13.4. The van der Waals surface area contributed by atoms with Gasteiger partial charge in [0.1, 0.15) is 5.82 Å². The molecule has 132 valence electrons. The fourth-order valence-corrected chi connectivity index (χ4v) is 3.09. The zero-order valence-corrected chi connectivity index (χ0v) is 14.8. The molecule has 1 unspecified atom stereocenters. The van der Waals surface area contributed by atoms with Gasteiger partial charge in [-0.15, -0.1) is 0 Å². The van der Waals surface area contributed by atoms with E-state index < -0.39 is 0 Å². The third-order valence-electron chi connectivity index (χ3n) is 4.54. The number of carbonyl (C=O) groups is 1. The smallest absolute Gasteiger partial charge is 0.241 e. The van der Waals surface area contributed by atoms with E-state index >= 15 is 0 Å². The quantitative estimate of drug-likeness (QED) is 0.903. The van der Waals surface area contributed by atoms with E-state index in [0.717, 1.165) is 36.9 Å². The Morgan fingerprint density at radius 2 is 1.64 bits per heavy atom. The number of hydrogen-bond acceptors (Lipinski definition) is 3. The Hall–Kier alpha value is -2.11. The average Bonchev–Trinajstić information content (AvgIpc) is 2.64. The van der Waals surface area contributed by atoms with Crippen LogP contribution in [-0.4, -0.2) is 43.0 Å². The molecule has 0 saturated carbocycles. The van der Waals surface area contributed by atoms with Crippen LogP contribution in [0, 0.1) is 5.82 Å². The minimum atomic E-state index is -0.315. The normalized spacial score (nSPS) is 16.5. The molecule has 0 aromatic heterocycles. The number of rotatable bonds is 4. The first-order valence-electron chi connectivity index (χ1n) is 8.34. The molecular formula is C19H21ClFN3O. The number of carbonyl (C=O) groups excluding carboxylic acids is 1. The van der Waals surface area contributed by atoms with Crippen molar-refractivity contribution in [1.82, 2.24) is 4.90 Å². The Morgan fingerprint density at radius 1 is 1.04 bits per heavy atom. The molecule has 3 rings (SSSR count). The van der Waals surface area contributed by atoms with Crippen LogP contribution in [-0.2, 0) is 4.79 Å². The molecule has 1 N–H and O–H groups in total. The number of amides is 1. The van der Waals surface area contributed by atoms with Crippen LogP contribution in [0.4, 0.5) is 15.8 Å². The molecule has 2 aromatic carbocycles. The molecule has 25 heavy (non-hydrogen) atoms. The van der Waals surface area contributed by atoms with Crippen LogP contribution in [0.15, 0.2) is 48.5 Å². The van der Waals surface area contributed by atoms with Crippen molar-refractivity contribution in [2.24, 2.45) is 0 Å². The van der Waals surface area contributed by atoms with Gasteiger partial charge in [-0.3, -0.25) is 9.69 Å². The molecule has 1 heterocycles. The van der Waals surface area contributed by atoms with E-state index in [4.69, 9.17) is 11.6 Å². The molecule has 0 spiro atoms. The number of hydrogen-bond donors (Lipinski definition) is 1.